The molecule has 3 rings (SSSR count). The average Bonchev–Trinajstić information content (AvgIpc) is 3.04. The summed E-state index contributed by atoms with van der Waals surface area (Å²) in [5, 5.41) is 6.56. The number of hydrogen-bond donors (Lipinski definition) is 2. The first-order valence-electron chi connectivity index (χ1n) is 8.47. The minimum atomic E-state index is -0.517. The van der Waals surface area contributed by atoms with E-state index in [1.165, 1.54) is 11.3 Å². The molecule has 1 saturated carbocycles. The van der Waals surface area contributed by atoms with Gasteiger partial charge in [0.1, 0.15) is 5.60 Å². The zero-order valence-electron chi connectivity index (χ0n) is 14.8. The standard InChI is InChI=1S/C17H24Cl2N2O3S/c1-8(10-7-11(18)25-15(10)19)20-13-12(9-5-6-23-14(9)13)21-16(22)24-17(2,3)4/h7-9,12-14,20H,5-6H2,1-4H3,(H,21,22). The Morgan fingerprint density at radius 3 is 2.72 bits per heavy atom. The monoisotopic (exact) mass is 406 g/mol. The normalized spacial score (nSPS) is 29.7. The number of hydrogen-bond acceptors (Lipinski definition) is 5. The maximum Gasteiger partial charge on any atom is 0.407 e. The van der Waals surface area contributed by atoms with Gasteiger partial charge in [0.15, 0.2) is 0 Å². The smallest absolute Gasteiger partial charge is 0.407 e. The fourth-order valence-corrected chi connectivity index (χ4v) is 5.22. The SMILES string of the molecule is CC(NC1C(NC(=O)OC(C)(C)C)C2CCOC21)c1cc(Cl)sc1Cl. The summed E-state index contributed by atoms with van der Waals surface area (Å²) in [6, 6.07) is 1.89. The van der Waals surface area contributed by atoms with Gasteiger partial charge < -0.3 is 20.1 Å². The topological polar surface area (TPSA) is 59.6 Å². The molecule has 0 spiro atoms. The third kappa shape index (κ3) is 4.25. The van der Waals surface area contributed by atoms with Crippen LogP contribution in [0.3, 0.4) is 0 Å². The molecular weight excluding hydrogens is 383 g/mol. The number of amides is 1. The second-order valence-electron chi connectivity index (χ2n) is 7.65. The fraction of sp³-hybridized carbons (Fsp3) is 0.706. The van der Waals surface area contributed by atoms with Crippen LogP contribution in [0, 0.1) is 5.92 Å². The number of alkyl carbamates (subject to hydrolysis) is 1. The average molecular weight is 407 g/mol. The van der Waals surface area contributed by atoms with E-state index in [-0.39, 0.29) is 30.3 Å². The van der Waals surface area contributed by atoms with Crippen molar-refractivity contribution in [2.75, 3.05) is 6.61 Å². The summed E-state index contributed by atoms with van der Waals surface area (Å²) >= 11 is 13.7. The minimum Gasteiger partial charge on any atom is -0.444 e. The van der Waals surface area contributed by atoms with E-state index in [1.54, 1.807) is 0 Å². The number of carbonyl (C=O) groups is 1. The van der Waals surface area contributed by atoms with Crippen LogP contribution in [-0.4, -0.2) is 36.5 Å². The Morgan fingerprint density at radius 1 is 1.40 bits per heavy atom. The van der Waals surface area contributed by atoms with Gasteiger partial charge in [-0.15, -0.1) is 11.3 Å². The predicted octanol–water partition coefficient (Wildman–Crippen LogP) is 4.39. The molecule has 1 amide bonds. The van der Waals surface area contributed by atoms with Crippen LogP contribution in [0.2, 0.25) is 8.67 Å². The highest BCUT2D eigenvalue weighted by Crippen LogP contribution is 2.41. The largest absolute Gasteiger partial charge is 0.444 e. The van der Waals surface area contributed by atoms with Crippen molar-refractivity contribution in [2.24, 2.45) is 5.92 Å². The molecule has 2 heterocycles. The van der Waals surface area contributed by atoms with Gasteiger partial charge >= 0.3 is 6.09 Å². The Bertz CT molecular complexity index is 646. The second-order valence-corrected chi connectivity index (χ2v) is 9.94. The zero-order valence-corrected chi connectivity index (χ0v) is 17.1. The van der Waals surface area contributed by atoms with E-state index in [2.05, 4.69) is 10.6 Å². The van der Waals surface area contributed by atoms with E-state index in [0.717, 1.165) is 18.6 Å². The third-order valence-electron chi connectivity index (χ3n) is 4.66. The maximum atomic E-state index is 12.2. The van der Waals surface area contributed by atoms with Crippen LogP contribution in [0.25, 0.3) is 0 Å². The molecule has 2 aliphatic rings. The van der Waals surface area contributed by atoms with Gasteiger partial charge in [0.05, 0.1) is 26.9 Å². The molecule has 5 atom stereocenters. The molecule has 5 nitrogen and oxygen atoms in total. The molecule has 1 aliphatic carbocycles. The van der Waals surface area contributed by atoms with Crippen LogP contribution in [0.4, 0.5) is 4.79 Å². The summed E-state index contributed by atoms with van der Waals surface area (Å²) in [6.07, 6.45) is 0.664. The van der Waals surface area contributed by atoms with E-state index in [4.69, 9.17) is 32.7 Å². The van der Waals surface area contributed by atoms with Crippen molar-refractivity contribution in [1.29, 1.82) is 0 Å². The summed E-state index contributed by atoms with van der Waals surface area (Å²) in [4.78, 5) is 12.2. The molecule has 0 bridgehead atoms. The van der Waals surface area contributed by atoms with Crippen molar-refractivity contribution in [3.8, 4) is 0 Å². The predicted molar refractivity (Wildman–Crippen MR) is 101 cm³/mol. The lowest BCUT2D eigenvalue weighted by Crippen LogP contribution is -2.70. The molecule has 0 aromatic carbocycles. The maximum absolute atomic E-state index is 12.2. The lowest BCUT2D eigenvalue weighted by molar-refractivity contribution is -0.0371. The van der Waals surface area contributed by atoms with Crippen LogP contribution >= 0.6 is 34.5 Å². The first kappa shape index (κ1) is 19.2. The number of ether oxygens (including phenoxy) is 2. The molecular formula is C17H24Cl2N2O3S. The fourth-order valence-electron chi connectivity index (χ4n) is 3.57. The van der Waals surface area contributed by atoms with Crippen molar-refractivity contribution in [3.63, 3.8) is 0 Å². The summed E-state index contributed by atoms with van der Waals surface area (Å²) in [5.74, 6) is 0.318. The molecule has 5 unspecified atom stereocenters. The Kier molecular flexibility index (Phi) is 5.57. The van der Waals surface area contributed by atoms with Crippen molar-refractivity contribution in [2.45, 2.75) is 63.9 Å². The molecule has 140 valence electrons. The molecule has 2 fully saturated rings. The van der Waals surface area contributed by atoms with Gasteiger partial charge in [-0.05, 0) is 45.7 Å². The van der Waals surface area contributed by atoms with Gasteiger partial charge in [-0.1, -0.05) is 23.2 Å². The van der Waals surface area contributed by atoms with Crippen molar-refractivity contribution in [3.05, 3.63) is 20.3 Å². The van der Waals surface area contributed by atoms with Gasteiger partial charge in [0.2, 0.25) is 0 Å². The summed E-state index contributed by atoms with van der Waals surface area (Å²) in [7, 11) is 0. The summed E-state index contributed by atoms with van der Waals surface area (Å²) in [5.41, 5.74) is 0.450. The first-order chi connectivity index (χ1) is 11.7. The van der Waals surface area contributed by atoms with Crippen LogP contribution in [0.15, 0.2) is 6.07 Å². The van der Waals surface area contributed by atoms with E-state index in [9.17, 15) is 4.79 Å². The number of rotatable bonds is 4. The van der Waals surface area contributed by atoms with Crippen LogP contribution in [0.1, 0.15) is 45.7 Å². The Labute approximate surface area is 162 Å². The van der Waals surface area contributed by atoms with E-state index in [1.807, 2.05) is 33.8 Å². The quantitative estimate of drug-likeness (QED) is 0.778. The van der Waals surface area contributed by atoms with Gasteiger partial charge in [-0.2, -0.15) is 0 Å². The molecule has 25 heavy (non-hydrogen) atoms. The Hall–Kier alpha value is -0.530. The van der Waals surface area contributed by atoms with Gasteiger partial charge in [-0.25, -0.2) is 4.79 Å². The number of halogens is 2. The summed E-state index contributed by atoms with van der Waals surface area (Å²) < 4.78 is 12.6. The van der Waals surface area contributed by atoms with Crippen molar-refractivity contribution in [1.82, 2.24) is 10.6 Å². The van der Waals surface area contributed by atoms with E-state index >= 15 is 0 Å². The zero-order chi connectivity index (χ0) is 18.4. The van der Waals surface area contributed by atoms with Crippen LogP contribution < -0.4 is 10.6 Å². The second kappa shape index (κ2) is 7.24. The molecule has 2 N–H and O–H groups in total. The molecule has 8 heteroatoms. The number of carbonyl (C=O) groups excluding carboxylic acids is 1. The first-order valence-corrected chi connectivity index (χ1v) is 10.0. The van der Waals surface area contributed by atoms with E-state index < -0.39 is 5.60 Å². The Balaban J connectivity index is 1.66. The molecule has 1 aromatic heterocycles. The number of nitrogens with one attached hydrogen (secondary N) is 2. The van der Waals surface area contributed by atoms with Gasteiger partial charge in [0, 0.05) is 18.6 Å². The van der Waals surface area contributed by atoms with Crippen LogP contribution in [-0.2, 0) is 9.47 Å². The lowest BCUT2D eigenvalue weighted by atomic mass is 9.71. The molecule has 0 radical (unpaired) electrons. The summed E-state index contributed by atoms with van der Waals surface area (Å²) in [6.45, 7) is 8.33. The molecule has 1 aliphatic heterocycles. The third-order valence-corrected chi connectivity index (χ3v) is 6.18. The van der Waals surface area contributed by atoms with Crippen LogP contribution in [0.5, 0.6) is 0 Å². The number of thiophene rings is 1. The van der Waals surface area contributed by atoms with Gasteiger partial charge in [-0.3, -0.25) is 0 Å². The van der Waals surface area contributed by atoms with E-state index in [0.29, 0.717) is 14.6 Å². The van der Waals surface area contributed by atoms with Crippen molar-refractivity contribution < 1.29 is 14.3 Å². The highest BCUT2D eigenvalue weighted by atomic mass is 35.5. The Morgan fingerprint density at radius 2 is 2.12 bits per heavy atom. The number of fused-ring (bicyclic) bond motifs is 1. The molecule has 1 aromatic rings. The van der Waals surface area contributed by atoms with Crippen molar-refractivity contribution >= 4 is 40.6 Å². The highest BCUT2D eigenvalue weighted by molar-refractivity contribution is 7.20. The highest BCUT2D eigenvalue weighted by Gasteiger charge is 2.55. The van der Waals surface area contributed by atoms with Gasteiger partial charge in [0.25, 0.3) is 0 Å². The lowest BCUT2D eigenvalue weighted by Gasteiger charge is -2.49. The minimum absolute atomic E-state index is 0.00864. The molecule has 1 saturated heterocycles.